The highest BCUT2D eigenvalue weighted by atomic mass is 19.4. The number of anilines is 1. The van der Waals surface area contributed by atoms with Crippen molar-refractivity contribution >= 4 is 11.6 Å². The molecule has 1 amide bonds. The van der Waals surface area contributed by atoms with Crippen LogP contribution in [0.5, 0.6) is 5.75 Å². The molecule has 0 saturated heterocycles. The van der Waals surface area contributed by atoms with Crippen LogP contribution in [0, 0.1) is 6.92 Å². The number of aryl methyl sites for hydroxylation is 1. The van der Waals surface area contributed by atoms with Crippen LogP contribution in [0.1, 0.15) is 42.3 Å². The van der Waals surface area contributed by atoms with Crippen molar-refractivity contribution in [3.63, 3.8) is 0 Å². The van der Waals surface area contributed by atoms with E-state index in [1.807, 2.05) is 31.2 Å². The summed E-state index contributed by atoms with van der Waals surface area (Å²) in [5, 5.41) is 3.11. The number of alkyl halides is 6. The summed E-state index contributed by atoms with van der Waals surface area (Å²) in [5.41, 5.74) is 0.607. The van der Waals surface area contributed by atoms with Crippen LogP contribution in [-0.4, -0.2) is 17.3 Å². The molecule has 0 bridgehead atoms. The van der Waals surface area contributed by atoms with Gasteiger partial charge in [0, 0.05) is 11.9 Å². The fourth-order valence-corrected chi connectivity index (χ4v) is 4.18. The molecule has 4 rings (SSSR count). The van der Waals surface area contributed by atoms with Gasteiger partial charge in [0.2, 0.25) is 0 Å². The standard InChI is InChI=1S/C27H23F6N3O2/c1-16-5-4-6-17(13-16)22-14-21(35-25(2,3)18-7-12-23(34-15-18)26(28,29)30)24(37)36(22)19-8-10-20(11-9-19)38-27(31,32)33/h4-15,22,35H,1-3H3. The molecule has 0 spiro atoms. The molecule has 11 heteroatoms. The van der Waals surface area contributed by atoms with Crippen LogP contribution < -0.4 is 15.0 Å². The van der Waals surface area contributed by atoms with Crippen molar-refractivity contribution in [3.05, 3.63) is 101 Å². The first kappa shape index (κ1) is 27.0. The third-order valence-electron chi connectivity index (χ3n) is 6.01. The molecule has 38 heavy (non-hydrogen) atoms. The zero-order chi connectivity index (χ0) is 27.9. The van der Waals surface area contributed by atoms with Gasteiger partial charge in [-0.3, -0.25) is 14.7 Å². The number of carbonyl (C=O) groups is 1. The smallest absolute Gasteiger partial charge is 0.406 e. The lowest BCUT2D eigenvalue weighted by molar-refractivity contribution is -0.274. The molecule has 1 atom stereocenters. The van der Waals surface area contributed by atoms with Gasteiger partial charge in [-0.1, -0.05) is 35.9 Å². The van der Waals surface area contributed by atoms with Gasteiger partial charge in [0.15, 0.2) is 0 Å². The predicted octanol–water partition coefficient (Wildman–Crippen LogP) is 6.80. The average Bonchev–Trinajstić information content (AvgIpc) is 3.13. The normalized spacial score (nSPS) is 16.4. The average molecular weight is 535 g/mol. The number of hydrogen-bond acceptors (Lipinski definition) is 4. The van der Waals surface area contributed by atoms with Crippen LogP contribution in [0.15, 0.2) is 78.6 Å². The molecule has 0 radical (unpaired) electrons. The van der Waals surface area contributed by atoms with Gasteiger partial charge in [-0.05, 0) is 68.3 Å². The number of ether oxygens (including phenoxy) is 1. The van der Waals surface area contributed by atoms with E-state index in [0.29, 0.717) is 11.3 Å². The van der Waals surface area contributed by atoms with E-state index < -0.39 is 41.5 Å². The van der Waals surface area contributed by atoms with Gasteiger partial charge in [-0.2, -0.15) is 13.2 Å². The molecule has 2 aromatic carbocycles. The van der Waals surface area contributed by atoms with E-state index in [4.69, 9.17) is 0 Å². The first-order chi connectivity index (χ1) is 17.6. The van der Waals surface area contributed by atoms with E-state index in [2.05, 4.69) is 15.0 Å². The van der Waals surface area contributed by atoms with E-state index in [0.717, 1.165) is 35.5 Å². The first-order valence-corrected chi connectivity index (χ1v) is 11.4. The Kier molecular flexibility index (Phi) is 6.90. The van der Waals surface area contributed by atoms with E-state index in [-0.39, 0.29) is 5.70 Å². The van der Waals surface area contributed by atoms with Crippen molar-refractivity contribution in [1.29, 1.82) is 0 Å². The summed E-state index contributed by atoms with van der Waals surface area (Å²) in [5.74, 6) is -0.892. The minimum atomic E-state index is -4.85. The fraction of sp³-hybridized carbons (Fsp3) is 0.259. The Morgan fingerprint density at radius 1 is 0.947 bits per heavy atom. The number of benzene rings is 2. The number of halogens is 6. The molecular weight excluding hydrogens is 512 g/mol. The van der Waals surface area contributed by atoms with Crippen LogP contribution in [0.25, 0.3) is 0 Å². The highest BCUT2D eigenvalue weighted by Crippen LogP contribution is 2.38. The van der Waals surface area contributed by atoms with Crippen molar-refractivity contribution in [1.82, 2.24) is 10.3 Å². The number of carbonyl (C=O) groups excluding carboxylic acids is 1. The maximum absolute atomic E-state index is 13.6. The third kappa shape index (κ3) is 5.92. The summed E-state index contributed by atoms with van der Waals surface area (Å²) in [6, 6.07) is 13.9. The molecule has 0 aliphatic carbocycles. The Labute approximate surface area is 214 Å². The Bertz CT molecular complexity index is 1350. The molecule has 3 aromatic rings. The molecule has 1 aliphatic rings. The van der Waals surface area contributed by atoms with Gasteiger partial charge < -0.3 is 10.1 Å². The molecule has 1 aliphatic heterocycles. The Morgan fingerprint density at radius 2 is 1.63 bits per heavy atom. The second-order valence-corrected chi connectivity index (χ2v) is 9.34. The maximum atomic E-state index is 13.6. The van der Waals surface area contributed by atoms with Gasteiger partial charge in [-0.25, -0.2) is 0 Å². The number of hydrogen-bond donors (Lipinski definition) is 1. The van der Waals surface area contributed by atoms with E-state index in [1.165, 1.54) is 23.1 Å². The Morgan fingerprint density at radius 3 is 2.18 bits per heavy atom. The number of nitrogens with one attached hydrogen (secondary N) is 1. The molecule has 1 unspecified atom stereocenters. The molecule has 2 heterocycles. The fourth-order valence-electron chi connectivity index (χ4n) is 4.18. The Balaban J connectivity index is 1.66. The van der Waals surface area contributed by atoms with Crippen LogP contribution >= 0.6 is 0 Å². The molecule has 0 saturated carbocycles. The second kappa shape index (κ2) is 9.70. The molecule has 0 fully saturated rings. The zero-order valence-electron chi connectivity index (χ0n) is 20.5. The topological polar surface area (TPSA) is 54.5 Å². The SMILES string of the molecule is Cc1cccc(C2C=C(NC(C)(C)c3ccc(C(F)(F)F)nc3)C(=O)N2c2ccc(OC(F)(F)F)cc2)c1. The van der Waals surface area contributed by atoms with Gasteiger partial charge in [0.05, 0.1) is 17.3 Å². The largest absolute Gasteiger partial charge is 0.573 e. The lowest BCUT2D eigenvalue weighted by Crippen LogP contribution is -2.40. The van der Waals surface area contributed by atoms with Crippen LogP contribution in [0.3, 0.4) is 0 Å². The van der Waals surface area contributed by atoms with E-state index in [9.17, 15) is 31.1 Å². The van der Waals surface area contributed by atoms with Crippen molar-refractivity contribution in [2.45, 2.75) is 44.9 Å². The monoisotopic (exact) mass is 535 g/mol. The zero-order valence-corrected chi connectivity index (χ0v) is 20.5. The van der Waals surface area contributed by atoms with Crippen molar-refractivity contribution in [2.75, 3.05) is 4.90 Å². The van der Waals surface area contributed by atoms with Crippen molar-refractivity contribution in [3.8, 4) is 5.75 Å². The van der Waals surface area contributed by atoms with Crippen LogP contribution in [0.2, 0.25) is 0 Å². The number of pyridine rings is 1. The van der Waals surface area contributed by atoms with Crippen LogP contribution in [-0.2, 0) is 16.5 Å². The number of nitrogens with zero attached hydrogens (tertiary/aromatic N) is 2. The summed E-state index contributed by atoms with van der Waals surface area (Å²) < 4.78 is 80.5. The number of amides is 1. The number of rotatable bonds is 6. The first-order valence-electron chi connectivity index (χ1n) is 11.4. The van der Waals surface area contributed by atoms with Gasteiger partial charge >= 0.3 is 12.5 Å². The summed E-state index contributed by atoms with van der Waals surface area (Å²) in [7, 11) is 0. The highest BCUT2D eigenvalue weighted by Gasteiger charge is 2.38. The minimum absolute atomic E-state index is 0.178. The van der Waals surface area contributed by atoms with Gasteiger partial charge in [0.1, 0.15) is 11.4 Å². The highest BCUT2D eigenvalue weighted by molar-refractivity contribution is 6.09. The summed E-state index contributed by atoms with van der Waals surface area (Å²) in [6.07, 6.45) is -6.66. The molecule has 200 valence electrons. The summed E-state index contributed by atoms with van der Waals surface area (Å²) >= 11 is 0. The van der Waals surface area contributed by atoms with Gasteiger partial charge in [-0.15, -0.1) is 13.2 Å². The lowest BCUT2D eigenvalue weighted by Gasteiger charge is -2.29. The van der Waals surface area contributed by atoms with Crippen molar-refractivity contribution < 1.29 is 35.9 Å². The lowest BCUT2D eigenvalue weighted by atomic mass is 9.95. The second-order valence-electron chi connectivity index (χ2n) is 9.34. The molecular formula is C27H23F6N3O2. The van der Waals surface area contributed by atoms with Crippen molar-refractivity contribution in [2.24, 2.45) is 0 Å². The number of aromatic nitrogens is 1. The Hall–Kier alpha value is -4.02. The predicted molar refractivity (Wildman–Crippen MR) is 128 cm³/mol. The van der Waals surface area contributed by atoms with E-state index >= 15 is 0 Å². The quantitative estimate of drug-likeness (QED) is 0.353. The van der Waals surface area contributed by atoms with E-state index in [1.54, 1.807) is 19.9 Å². The summed E-state index contributed by atoms with van der Waals surface area (Å²) in [6.45, 7) is 5.27. The molecule has 1 aromatic heterocycles. The maximum Gasteiger partial charge on any atom is 0.573 e. The third-order valence-corrected chi connectivity index (χ3v) is 6.01. The molecule has 5 nitrogen and oxygen atoms in total. The van der Waals surface area contributed by atoms with Gasteiger partial charge in [0.25, 0.3) is 5.91 Å². The summed E-state index contributed by atoms with van der Waals surface area (Å²) in [4.78, 5) is 18.5. The van der Waals surface area contributed by atoms with Crippen LogP contribution in [0.4, 0.5) is 32.0 Å². The minimum Gasteiger partial charge on any atom is -0.406 e. The molecule has 1 N–H and O–H groups in total.